The molecule has 0 aliphatic heterocycles. The van der Waals surface area contributed by atoms with Crippen molar-refractivity contribution in [3.63, 3.8) is 0 Å². The van der Waals surface area contributed by atoms with E-state index < -0.39 is 97.5 Å². The van der Waals surface area contributed by atoms with Crippen LogP contribution in [0.15, 0.2) is 0 Å². The molecule has 19 heteroatoms. The fraction of sp³-hybridized carbons (Fsp3) is 0.951. The summed E-state index contributed by atoms with van der Waals surface area (Å²) in [6.45, 7) is 7.39. The average molecular weight is 1470 g/mol. The highest BCUT2D eigenvalue weighted by Crippen LogP contribution is 2.45. The fourth-order valence-corrected chi connectivity index (χ4v) is 14.1. The van der Waals surface area contributed by atoms with E-state index in [-0.39, 0.29) is 25.7 Å². The van der Waals surface area contributed by atoms with Crippen LogP contribution >= 0.6 is 15.6 Å². The minimum atomic E-state index is -4.96. The summed E-state index contributed by atoms with van der Waals surface area (Å²) in [5, 5.41) is 10.6. The van der Waals surface area contributed by atoms with Crippen LogP contribution in [0.25, 0.3) is 0 Å². The Morgan fingerprint density at radius 1 is 0.280 bits per heavy atom. The van der Waals surface area contributed by atoms with Crippen LogP contribution in [-0.4, -0.2) is 96.7 Å². The van der Waals surface area contributed by atoms with Crippen molar-refractivity contribution in [2.45, 2.75) is 451 Å². The molecule has 0 radical (unpaired) electrons. The van der Waals surface area contributed by atoms with E-state index in [1.807, 2.05) is 0 Å². The monoisotopic (exact) mass is 1470 g/mol. The predicted molar refractivity (Wildman–Crippen MR) is 409 cm³/mol. The van der Waals surface area contributed by atoms with Gasteiger partial charge in [0.15, 0.2) is 12.2 Å². The van der Waals surface area contributed by atoms with E-state index in [2.05, 4.69) is 34.6 Å². The first-order valence-corrected chi connectivity index (χ1v) is 45.2. The van der Waals surface area contributed by atoms with E-state index in [4.69, 9.17) is 37.0 Å². The van der Waals surface area contributed by atoms with Crippen LogP contribution < -0.4 is 0 Å². The van der Waals surface area contributed by atoms with Crippen LogP contribution in [0.4, 0.5) is 0 Å². The highest BCUT2D eigenvalue weighted by molar-refractivity contribution is 7.47. The molecule has 0 rings (SSSR count). The number of aliphatic hydroxyl groups is 1. The molecule has 0 fully saturated rings. The van der Waals surface area contributed by atoms with E-state index in [9.17, 15) is 43.2 Å². The summed E-state index contributed by atoms with van der Waals surface area (Å²) in [4.78, 5) is 73.0. The van der Waals surface area contributed by atoms with Gasteiger partial charge < -0.3 is 33.8 Å². The minimum Gasteiger partial charge on any atom is -0.462 e. The van der Waals surface area contributed by atoms with Crippen LogP contribution in [0, 0.1) is 5.92 Å². The smallest absolute Gasteiger partial charge is 0.462 e. The number of hydrogen-bond acceptors (Lipinski definition) is 15. The molecule has 3 N–H and O–H groups in total. The van der Waals surface area contributed by atoms with Crippen LogP contribution in [0.2, 0.25) is 0 Å². The molecular formula is C81H158O17P2. The number of ether oxygens (including phenoxy) is 4. The number of rotatable bonds is 81. The molecule has 594 valence electrons. The molecule has 0 aromatic rings. The molecule has 0 aromatic carbocycles. The molecule has 0 amide bonds. The summed E-state index contributed by atoms with van der Waals surface area (Å²) >= 11 is 0. The molecule has 100 heavy (non-hydrogen) atoms. The summed E-state index contributed by atoms with van der Waals surface area (Å²) in [5.41, 5.74) is 0. The van der Waals surface area contributed by atoms with E-state index in [1.54, 1.807) is 0 Å². The Kier molecular flexibility index (Phi) is 72.5. The maximum Gasteiger partial charge on any atom is 0.472 e. The molecule has 0 spiro atoms. The Bertz CT molecular complexity index is 1910. The van der Waals surface area contributed by atoms with Gasteiger partial charge in [-0.15, -0.1) is 0 Å². The van der Waals surface area contributed by atoms with Crippen molar-refractivity contribution >= 4 is 39.5 Å². The summed E-state index contributed by atoms with van der Waals surface area (Å²) in [7, 11) is -9.91. The van der Waals surface area contributed by atoms with E-state index in [1.165, 1.54) is 257 Å². The number of carbonyl (C=O) groups excluding carboxylic acids is 4. The van der Waals surface area contributed by atoms with Crippen LogP contribution in [0.3, 0.4) is 0 Å². The zero-order valence-electron chi connectivity index (χ0n) is 65.3. The van der Waals surface area contributed by atoms with Gasteiger partial charge in [-0.25, -0.2) is 9.13 Å². The van der Waals surface area contributed by atoms with Gasteiger partial charge in [-0.2, -0.15) is 0 Å². The molecule has 0 bridgehead atoms. The van der Waals surface area contributed by atoms with Gasteiger partial charge in [0.05, 0.1) is 26.4 Å². The first-order valence-electron chi connectivity index (χ1n) is 42.2. The molecule has 6 atom stereocenters. The number of carbonyl (C=O) groups is 4. The van der Waals surface area contributed by atoms with Gasteiger partial charge in [0.1, 0.15) is 19.3 Å². The van der Waals surface area contributed by atoms with Crippen molar-refractivity contribution < 1.29 is 80.2 Å². The highest BCUT2D eigenvalue weighted by Gasteiger charge is 2.30. The molecule has 3 unspecified atom stereocenters. The number of phosphoric ester groups is 2. The van der Waals surface area contributed by atoms with Gasteiger partial charge in [0.2, 0.25) is 0 Å². The quantitative estimate of drug-likeness (QED) is 0.0222. The van der Waals surface area contributed by atoms with Crippen LogP contribution in [0.5, 0.6) is 0 Å². The summed E-state index contributed by atoms with van der Waals surface area (Å²) in [5.74, 6) is -1.23. The molecule has 0 aliphatic rings. The largest absolute Gasteiger partial charge is 0.472 e. The zero-order chi connectivity index (χ0) is 73.4. The molecule has 0 saturated heterocycles. The standard InChI is InChI=1S/C81H158O17P2/c1-6-10-13-16-19-22-25-27-28-34-37-41-45-50-55-60-65-79(84)92-71-77(98-81(86)67-62-57-52-47-42-38-35-32-30-29-31-33-36-39-43-48-53-58-63-74(5)9-4)73-96-100(89,90)94-69-75(82)68-93-99(87,88)95-72-76(70-91-78(83)64-59-54-49-44-24-21-18-15-12-8-3)97-80(85)66-61-56-51-46-40-26-23-20-17-14-11-7-2/h74-77,82H,6-73H2,1-5H3,(H,87,88)(H,89,90)/t74?,75-,76+,77+/m0/s1. The number of esters is 4. The van der Waals surface area contributed by atoms with E-state index in [0.29, 0.717) is 25.7 Å². The van der Waals surface area contributed by atoms with Crippen LogP contribution in [0.1, 0.15) is 433 Å². The molecular weight excluding hydrogens is 1310 g/mol. The lowest BCUT2D eigenvalue weighted by atomic mass is 9.99. The van der Waals surface area contributed by atoms with Crippen molar-refractivity contribution in [2.75, 3.05) is 39.6 Å². The van der Waals surface area contributed by atoms with Gasteiger partial charge in [-0.05, 0) is 31.6 Å². The first kappa shape index (κ1) is 98.1. The molecule has 0 aromatic heterocycles. The Morgan fingerprint density at radius 2 is 0.480 bits per heavy atom. The van der Waals surface area contributed by atoms with Gasteiger partial charge in [-0.3, -0.25) is 37.3 Å². The number of aliphatic hydroxyl groups excluding tert-OH is 1. The molecule has 0 heterocycles. The molecule has 0 saturated carbocycles. The topological polar surface area (TPSA) is 237 Å². The van der Waals surface area contributed by atoms with Gasteiger partial charge >= 0.3 is 39.5 Å². The maximum atomic E-state index is 13.1. The maximum absolute atomic E-state index is 13.1. The minimum absolute atomic E-state index is 0.108. The summed E-state index contributed by atoms with van der Waals surface area (Å²) < 4.78 is 68.7. The van der Waals surface area contributed by atoms with Crippen molar-refractivity contribution in [3.8, 4) is 0 Å². The average Bonchev–Trinajstić information content (AvgIpc) is 0.954. The second-order valence-electron chi connectivity index (χ2n) is 29.4. The lowest BCUT2D eigenvalue weighted by molar-refractivity contribution is -0.161. The van der Waals surface area contributed by atoms with E-state index in [0.717, 1.165) is 95.8 Å². The van der Waals surface area contributed by atoms with Crippen molar-refractivity contribution in [1.29, 1.82) is 0 Å². The lowest BCUT2D eigenvalue weighted by Crippen LogP contribution is -2.30. The zero-order valence-corrected chi connectivity index (χ0v) is 67.1. The predicted octanol–water partition coefficient (Wildman–Crippen LogP) is 24.4. The Labute approximate surface area is 613 Å². The lowest BCUT2D eigenvalue weighted by Gasteiger charge is -2.21. The third-order valence-corrected chi connectivity index (χ3v) is 21.3. The van der Waals surface area contributed by atoms with E-state index >= 15 is 0 Å². The summed E-state index contributed by atoms with van der Waals surface area (Å²) in [6.07, 6.45) is 65.1. The Balaban J connectivity index is 5.20. The fourth-order valence-electron chi connectivity index (χ4n) is 12.6. The van der Waals surface area contributed by atoms with Crippen molar-refractivity contribution in [3.05, 3.63) is 0 Å². The third kappa shape index (κ3) is 73.0. The number of hydrogen-bond donors (Lipinski definition) is 3. The molecule has 17 nitrogen and oxygen atoms in total. The number of phosphoric acid groups is 2. The SMILES string of the molecule is CCCCCCCCCCCCCCCCCCC(=O)OC[C@H](COP(=O)(O)OC[C@@H](O)COP(=O)(O)OC[C@@H](COC(=O)CCCCCCCCCCCC)OC(=O)CCCCCCCCCCCCCC)OC(=O)CCCCCCCCCCCCCCCCCCCCC(C)CC. The molecule has 0 aliphatic carbocycles. The highest BCUT2D eigenvalue weighted by atomic mass is 31.2. The van der Waals surface area contributed by atoms with Gasteiger partial charge in [-0.1, -0.05) is 381 Å². The van der Waals surface area contributed by atoms with Crippen LogP contribution in [-0.2, 0) is 65.4 Å². The van der Waals surface area contributed by atoms with Crippen molar-refractivity contribution in [1.82, 2.24) is 0 Å². The van der Waals surface area contributed by atoms with Crippen molar-refractivity contribution in [2.24, 2.45) is 5.92 Å². The van der Waals surface area contributed by atoms with Gasteiger partial charge in [0, 0.05) is 25.7 Å². The Hall–Kier alpha value is -1.94. The normalized spacial score (nSPS) is 14.1. The number of unbranched alkanes of at least 4 members (excludes halogenated alkanes) is 52. The Morgan fingerprint density at radius 3 is 0.710 bits per heavy atom. The second-order valence-corrected chi connectivity index (χ2v) is 32.3. The second kappa shape index (κ2) is 73.9. The third-order valence-electron chi connectivity index (χ3n) is 19.4. The summed E-state index contributed by atoms with van der Waals surface area (Å²) in [6, 6.07) is 0. The van der Waals surface area contributed by atoms with Gasteiger partial charge in [0.25, 0.3) is 0 Å². The first-order chi connectivity index (χ1) is 48.6.